The molecule has 1 fully saturated rings. The van der Waals surface area contributed by atoms with Crippen molar-refractivity contribution in [3.8, 4) is 5.75 Å². The van der Waals surface area contributed by atoms with E-state index in [2.05, 4.69) is 12.2 Å². The van der Waals surface area contributed by atoms with Gasteiger partial charge in [-0.1, -0.05) is 30.7 Å². The van der Waals surface area contributed by atoms with Gasteiger partial charge in [0.25, 0.3) is 5.91 Å². The molecule has 0 aromatic heterocycles. The molecular formula is C16H23ClN2O2. The fourth-order valence-corrected chi connectivity index (χ4v) is 2.81. The maximum absolute atomic E-state index is 12.7. The van der Waals surface area contributed by atoms with Crippen molar-refractivity contribution >= 4 is 17.5 Å². The Morgan fingerprint density at radius 3 is 2.90 bits per heavy atom. The summed E-state index contributed by atoms with van der Waals surface area (Å²) in [6, 6.07) is 7.51. The molecule has 1 aromatic rings. The predicted molar refractivity (Wildman–Crippen MR) is 84.8 cm³/mol. The van der Waals surface area contributed by atoms with Crippen LogP contribution in [0.25, 0.3) is 0 Å². The first kappa shape index (κ1) is 16.1. The number of ether oxygens (including phenoxy) is 1. The van der Waals surface area contributed by atoms with E-state index in [-0.39, 0.29) is 11.9 Å². The van der Waals surface area contributed by atoms with Crippen LogP contribution in [-0.4, -0.2) is 42.6 Å². The molecule has 1 aliphatic rings. The summed E-state index contributed by atoms with van der Waals surface area (Å²) >= 11 is 6.08. The van der Waals surface area contributed by atoms with Gasteiger partial charge in [-0.2, -0.15) is 0 Å². The summed E-state index contributed by atoms with van der Waals surface area (Å²) in [6.45, 7) is 6.48. The van der Waals surface area contributed by atoms with Crippen LogP contribution >= 0.6 is 11.6 Å². The Bertz CT molecular complexity index is 475. The molecule has 116 valence electrons. The number of carbonyl (C=O) groups is 1. The van der Waals surface area contributed by atoms with E-state index < -0.39 is 6.10 Å². The van der Waals surface area contributed by atoms with E-state index in [9.17, 15) is 4.79 Å². The van der Waals surface area contributed by atoms with Crippen LogP contribution in [-0.2, 0) is 4.79 Å². The largest absolute Gasteiger partial charge is 0.479 e. The third-order valence-corrected chi connectivity index (χ3v) is 4.02. The molecule has 2 unspecified atom stereocenters. The number of benzene rings is 1. The zero-order valence-corrected chi connectivity index (χ0v) is 13.4. The van der Waals surface area contributed by atoms with Crippen molar-refractivity contribution in [3.05, 3.63) is 29.3 Å². The van der Waals surface area contributed by atoms with Crippen molar-refractivity contribution in [2.75, 3.05) is 19.6 Å². The van der Waals surface area contributed by atoms with Gasteiger partial charge in [0.05, 0.1) is 5.02 Å². The maximum Gasteiger partial charge on any atom is 0.263 e. The Labute approximate surface area is 131 Å². The quantitative estimate of drug-likeness (QED) is 0.878. The normalized spacial score (nSPS) is 19.3. The van der Waals surface area contributed by atoms with Crippen LogP contribution in [0.2, 0.25) is 5.02 Å². The lowest BCUT2D eigenvalue weighted by Crippen LogP contribution is -2.47. The summed E-state index contributed by atoms with van der Waals surface area (Å²) < 4.78 is 5.75. The molecule has 1 N–H and O–H groups in total. The first-order valence-corrected chi connectivity index (χ1v) is 7.93. The molecule has 0 saturated carbocycles. The van der Waals surface area contributed by atoms with Gasteiger partial charge in [-0.25, -0.2) is 0 Å². The molecule has 0 radical (unpaired) electrons. The van der Waals surface area contributed by atoms with E-state index in [1.807, 2.05) is 17.0 Å². The van der Waals surface area contributed by atoms with Gasteiger partial charge in [-0.05, 0) is 38.4 Å². The molecule has 1 aromatic carbocycles. The molecule has 2 rings (SSSR count). The summed E-state index contributed by atoms with van der Waals surface area (Å²) in [5.74, 6) is 0.589. The molecule has 1 heterocycles. The number of hydrogen-bond donors (Lipinski definition) is 1. The number of para-hydroxylation sites is 1. The SMILES string of the molecule is CCCN(C(=O)C(C)Oc1ccccc1Cl)C1CCNC1. The number of hydrogen-bond acceptors (Lipinski definition) is 3. The van der Waals surface area contributed by atoms with Crippen LogP contribution in [0, 0.1) is 0 Å². The van der Waals surface area contributed by atoms with E-state index in [0.717, 1.165) is 32.5 Å². The van der Waals surface area contributed by atoms with Gasteiger partial charge in [-0.3, -0.25) is 4.79 Å². The van der Waals surface area contributed by atoms with Crippen LogP contribution in [0.15, 0.2) is 24.3 Å². The summed E-state index contributed by atoms with van der Waals surface area (Å²) in [4.78, 5) is 14.6. The Balaban J connectivity index is 2.03. The average Bonchev–Trinajstić information content (AvgIpc) is 3.00. The molecule has 1 amide bonds. The minimum Gasteiger partial charge on any atom is -0.479 e. The van der Waals surface area contributed by atoms with Gasteiger partial charge in [0, 0.05) is 19.1 Å². The molecule has 21 heavy (non-hydrogen) atoms. The summed E-state index contributed by atoms with van der Waals surface area (Å²) in [7, 11) is 0. The Morgan fingerprint density at radius 2 is 2.29 bits per heavy atom. The van der Waals surface area contributed by atoms with Gasteiger partial charge in [0.1, 0.15) is 5.75 Å². The van der Waals surface area contributed by atoms with E-state index in [0.29, 0.717) is 10.8 Å². The second-order valence-corrected chi connectivity index (χ2v) is 5.78. The van der Waals surface area contributed by atoms with Gasteiger partial charge in [-0.15, -0.1) is 0 Å². The summed E-state index contributed by atoms with van der Waals surface area (Å²) in [6.07, 6.45) is 1.42. The smallest absolute Gasteiger partial charge is 0.263 e. The first-order valence-electron chi connectivity index (χ1n) is 7.56. The zero-order chi connectivity index (χ0) is 15.2. The lowest BCUT2D eigenvalue weighted by Gasteiger charge is -2.30. The van der Waals surface area contributed by atoms with E-state index in [1.165, 1.54) is 0 Å². The van der Waals surface area contributed by atoms with E-state index in [4.69, 9.17) is 16.3 Å². The third kappa shape index (κ3) is 4.11. The lowest BCUT2D eigenvalue weighted by atomic mass is 10.2. The Hall–Kier alpha value is -1.26. The molecule has 1 aliphatic heterocycles. The minimum absolute atomic E-state index is 0.0328. The van der Waals surface area contributed by atoms with Crippen LogP contribution in [0.3, 0.4) is 0 Å². The Kier molecular flexibility index (Phi) is 5.88. The van der Waals surface area contributed by atoms with Crippen molar-refractivity contribution < 1.29 is 9.53 Å². The zero-order valence-electron chi connectivity index (χ0n) is 12.6. The molecular weight excluding hydrogens is 288 g/mol. The van der Waals surface area contributed by atoms with Crippen LogP contribution < -0.4 is 10.1 Å². The second kappa shape index (κ2) is 7.66. The van der Waals surface area contributed by atoms with Crippen molar-refractivity contribution in [1.82, 2.24) is 10.2 Å². The standard InChI is InChI=1S/C16H23ClN2O2/c1-3-10-19(13-8-9-18-11-13)16(20)12(2)21-15-7-5-4-6-14(15)17/h4-7,12-13,18H,3,8-11H2,1-2H3. The summed E-state index contributed by atoms with van der Waals surface area (Å²) in [5.41, 5.74) is 0. The molecule has 1 saturated heterocycles. The summed E-state index contributed by atoms with van der Waals surface area (Å²) in [5, 5.41) is 3.84. The van der Waals surface area contributed by atoms with E-state index >= 15 is 0 Å². The highest BCUT2D eigenvalue weighted by molar-refractivity contribution is 6.32. The number of halogens is 1. The van der Waals surface area contributed by atoms with Crippen LogP contribution in [0.1, 0.15) is 26.7 Å². The lowest BCUT2D eigenvalue weighted by molar-refractivity contribution is -0.140. The van der Waals surface area contributed by atoms with Crippen molar-refractivity contribution in [3.63, 3.8) is 0 Å². The number of nitrogens with zero attached hydrogens (tertiary/aromatic N) is 1. The molecule has 4 nitrogen and oxygen atoms in total. The van der Waals surface area contributed by atoms with Crippen molar-refractivity contribution in [2.24, 2.45) is 0 Å². The second-order valence-electron chi connectivity index (χ2n) is 5.37. The highest BCUT2D eigenvalue weighted by Gasteiger charge is 2.29. The fourth-order valence-electron chi connectivity index (χ4n) is 2.63. The average molecular weight is 311 g/mol. The predicted octanol–water partition coefficient (Wildman–Crippen LogP) is 2.71. The molecule has 0 bridgehead atoms. The highest BCUT2D eigenvalue weighted by atomic mass is 35.5. The monoisotopic (exact) mass is 310 g/mol. The Morgan fingerprint density at radius 1 is 1.52 bits per heavy atom. The van der Waals surface area contributed by atoms with Gasteiger partial charge >= 0.3 is 0 Å². The number of rotatable bonds is 6. The van der Waals surface area contributed by atoms with Gasteiger partial charge < -0.3 is 15.0 Å². The first-order chi connectivity index (χ1) is 10.1. The molecule has 5 heteroatoms. The number of amides is 1. The van der Waals surface area contributed by atoms with Crippen LogP contribution in [0.5, 0.6) is 5.75 Å². The maximum atomic E-state index is 12.7. The van der Waals surface area contributed by atoms with Gasteiger partial charge in [0.2, 0.25) is 0 Å². The molecule has 2 atom stereocenters. The molecule has 0 aliphatic carbocycles. The van der Waals surface area contributed by atoms with E-state index in [1.54, 1.807) is 19.1 Å². The highest BCUT2D eigenvalue weighted by Crippen LogP contribution is 2.25. The third-order valence-electron chi connectivity index (χ3n) is 3.71. The number of nitrogens with one attached hydrogen (secondary N) is 1. The molecule has 0 spiro atoms. The van der Waals surface area contributed by atoms with Gasteiger partial charge in [0.15, 0.2) is 6.10 Å². The van der Waals surface area contributed by atoms with Crippen molar-refractivity contribution in [1.29, 1.82) is 0 Å². The minimum atomic E-state index is -0.531. The fraction of sp³-hybridized carbons (Fsp3) is 0.562. The van der Waals surface area contributed by atoms with Crippen molar-refractivity contribution in [2.45, 2.75) is 38.8 Å². The number of carbonyl (C=O) groups excluding carboxylic acids is 1. The van der Waals surface area contributed by atoms with Crippen LogP contribution in [0.4, 0.5) is 0 Å². The topological polar surface area (TPSA) is 41.6 Å².